The molecule has 0 aliphatic heterocycles. The molecule has 6 nitrogen and oxygen atoms in total. The third-order valence-electron chi connectivity index (χ3n) is 2.04. The van der Waals surface area contributed by atoms with Gasteiger partial charge < -0.3 is 19.5 Å². The van der Waals surface area contributed by atoms with E-state index in [1.54, 1.807) is 14.2 Å². The van der Waals surface area contributed by atoms with E-state index in [-0.39, 0.29) is 0 Å². The zero-order valence-corrected chi connectivity index (χ0v) is 10.5. The van der Waals surface area contributed by atoms with Crippen LogP contribution in [0.2, 0.25) is 0 Å². The number of hydrogen-bond acceptors (Lipinski definition) is 6. The molecule has 0 amide bonds. The molecule has 1 N–H and O–H groups in total. The monoisotopic (exact) mass is 241 g/mol. The van der Waals surface area contributed by atoms with E-state index in [0.29, 0.717) is 30.7 Å². The summed E-state index contributed by atoms with van der Waals surface area (Å²) in [4.78, 5) is 8.15. The summed E-state index contributed by atoms with van der Waals surface area (Å²) in [5.74, 6) is 1.60. The minimum absolute atomic E-state index is 0.428. The van der Waals surface area contributed by atoms with Crippen LogP contribution >= 0.6 is 0 Å². The van der Waals surface area contributed by atoms with Gasteiger partial charge in [-0.3, -0.25) is 0 Å². The molecule has 0 spiro atoms. The lowest BCUT2D eigenvalue weighted by atomic mass is 10.4. The minimum atomic E-state index is 0.428. The fourth-order valence-corrected chi connectivity index (χ4v) is 1.24. The van der Waals surface area contributed by atoms with Crippen LogP contribution in [-0.4, -0.2) is 43.9 Å². The molecule has 1 rings (SSSR count). The van der Waals surface area contributed by atoms with E-state index in [0.717, 1.165) is 13.0 Å². The normalized spacial score (nSPS) is 10.1. The lowest BCUT2D eigenvalue weighted by molar-refractivity contribution is 0.141. The number of nitrogens with one attached hydrogen (secondary N) is 1. The highest BCUT2D eigenvalue weighted by Crippen LogP contribution is 2.30. The summed E-state index contributed by atoms with van der Waals surface area (Å²) >= 11 is 0. The van der Waals surface area contributed by atoms with Gasteiger partial charge >= 0.3 is 0 Å². The lowest BCUT2D eigenvalue weighted by Crippen LogP contribution is -2.09. The molecule has 0 atom stereocenters. The fourth-order valence-electron chi connectivity index (χ4n) is 1.24. The van der Waals surface area contributed by atoms with Crippen LogP contribution in [0.5, 0.6) is 11.6 Å². The molecule has 0 saturated heterocycles. The van der Waals surface area contributed by atoms with Crippen molar-refractivity contribution in [1.29, 1.82) is 0 Å². The van der Waals surface area contributed by atoms with Gasteiger partial charge in [-0.05, 0) is 6.42 Å². The van der Waals surface area contributed by atoms with Crippen LogP contribution in [0, 0.1) is 0 Å². The summed E-state index contributed by atoms with van der Waals surface area (Å²) in [6.07, 6.45) is 2.45. The average molecular weight is 241 g/mol. The van der Waals surface area contributed by atoms with Gasteiger partial charge in [-0.1, -0.05) is 6.92 Å². The van der Waals surface area contributed by atoms with Gasteiger partial charge in [0.05, 0.1) is 13.7 Å². The second-order valence-electron chi connectivity index (χ2n) is 3.33. The quantitative estimate of drug-likeness (QED) is 0.693. The van der Waals surface area contributed by atoms with Gasteiger partial charge in [-0.2, -0.15) is 4.98 Å². The van der Waals surface area contributed by atoms with Crippen molar-refractivity contribution in [2.45, 2.75) is 13.3 Å². The molecule has 0 radical (unpaired) electrons. The molecule has 6 heteroatoms. The first kappa shape index (κ1) is 13.5. The maximum atomic E-state index is 5.45. The average Bonchev–Trinajstić information content (AvgIpc) is 2.36. The van der Waals surface area contributed by atoms with Crippen molar-refractivity contribution in [3.05, 3.63) is 6.33 Å². The van der Waals surface area contributed by atoms with Crippen molar-refractivity contribution in [1.82, 2.24) is 9.97 Å². The first-order valence-corrected chi connectivity index (χ1v) is 5.58. The molecule has 0 aliphatic rings. The van der Waals surface area contributed by atoms with Crippen molar-refractivity contribution < 1.29 is 14.2 Å². The topological polar surface area (TPSA) is 65.5 Å². The number of nitrogens with zero attached hydrogens (tertiary/aromatic N) is 2. The highest BCUT2D eigenvalue weighted by molar-refractivity contribution is 5.54. The van der Waals surface area contributed by atoms with E-state index in [4.69, 9.17) is 14.2 Å². The van der Waals surface area contributed by atoms with E-state index in [2.05, 4.69) is 22.2 Å². The molecule has 96 valence electrons. The summed E-state index contributed by atoms with van der Waals surface area (Å²) in [7, 11) is 3.19. The second-order valence-corrected chi connectivity index (χ2v) is 3.33. The van der Waals surface area contributed by atoms with Crippen LogP contribution in [0.4, 0.5) is 5.82 Å². The molecule has 17 heavy (non-hydrogen) atoms. The van der Waals surface area contributed by atoms with E-state index in [9.17, 15) is 0 Å². The van der Waals surface area contributed by atoms with E-state index in [1.165, 1.54) is 6.33 Å². The van der Waals surface area contributed by atoms with Gasteiger partial charge in [0.2, 0.25) is 5.75 Å². The zero-order valence-electron chi connectivity index (χ0n) is 10.5. The molecular weight excluding hydrogens is 222 g/mol. The Morgan fingerprint density at radius 1 is 1.24 bits per heavy atom. The molecule has 0 unspecified atom stereocenters. The van der Waals surface area contributed by atoms with Crippen molar-refractivity contribution in [3.8, 4) is 11.6 Å². The number of methoxy groups -OCH3 is 2. The first-order valence-electron chi connectivity index (χ1n) is 5.58. The van der Waals surface area contributed by atoms with Crippen LogP contribution < -0.4 is 14.8 Å². The SMILES string of the molecule is CCCNc1ncnc(OCCOC)c1OC. The molecule has 0 saturated carbocycles. The van der Waals surface area contributed by atoms with Gasteiger partial charge in [0.15, 0.2) is 5.82 Å². The molecule has 1 aromatic heterocycles. The van der Waals surface area contributed by atoms with Crippen LogP contribution in [-0.2, 0) is 4.74 Å². The van der Waals surface area contributed by atoms with Crippen LogP contribution in [0.15, 0.2) is 6.33 Å². The highest BCUT2D eigenvalue weighted by Gasteiger charge is 2.12. The van der Waals surface area contributed by atoms with Crippen LogP contribution in [0.3, 0.4) is 0 Å². The first-order chi connectivity index (χ1) is 8.33. The maximum absolute atomic E-state index is 5.45. The predicted octanol–water partition coefficient (Wildman–Crippen LogP) is 1.33. The summed E-state index contributed by atoms with van der Waals surface area (Å²) in [6, 6.07) is 0. The molecular formula is C11H19N3O3. The van der Waals surface area contributed by atoms with Gasteiger partial charge in [0.1, 0.15) is 12.9 Å². The Balaban J connectivity index is 2.74. The standard InChI is InChI=1S/C11H19N3O3/c1-4-5-12-10-9(16-3)11(14-8-13-10)17-7-6-15-2/h8H,4-7H2,1-3H3,(H,12,13,14). The Bertz CT molecular complexity index is 334. The summed E-state index contributed by atoms with van der Waals surface area (Å²) in [5.41, 5.74) is 0. The zero-order chi connectivity index (χ0) is 12.5. The van der Waals surface area contributed by atoms with Crippen molar-refractivity contribution in [2.24, 2.45) is 0 Å². The van der Waals surface area contributed by atoms with E-state index in [1.807, 2.05) is 0 Å². The fraction of sp³-hybridized carbons (Fsp3) is 0.636. The largest absolute Gasteiger partial charge is 0.489 e. The smallest absolute Gasteiger partial charge is 0.262 e. The Morgan fingerprint density at radius 2 is 2.06 bits per heavy atom. The molecule has 0 fully saturated rings. The lowest BCUT2D eigenvalue weighted by Gasteiger charge is -2.12. The predicted molar refractivity (Wildman–Crippen MR) is 64.7 cm³/mol. The van der Waals surface area contributed by atoms with Crippen molar-refractivity contribution >= 4 is 5.82 Å². The molecule has 1 aromatic rings. The minimum Gasteiger partial charge on any atom is -0.489 e. The Morgan fingerprint density at radius 3 is 2.71 bits per heavy atom. The van der Waals surface area contributed by atoms with Gasteiger partial charge in [-0.25, -0.2) is 4.98 Å². The highest BCUT2D eigenvalue weighted by atomic mass is 16.5. The third kappa shape index (κ3) is 4.07. The van der Waals surface area contributed by atoms with Gasteiger partial charge in [-0.15, -0.1) is 0 Å². The Kier molecular flexibility index (Phi) is 6.09. The molecule has 0 bridgehead atoms. The Labute approximate surface area is 101 Å². The summed E-state index contributed by atoms with van der Waals surface area (Å²) in [5, 5.41) is 3.16. The van der Waals surface area contributed by atoms with Crippen LogP contribution in [0.1, 0.15) is 13.3 Å². The number of aromatic nitrogens is 2. The summed E-state index contributed by atoms with van der Waals surface area (Å²) in [6.45, 7) is 3.84. The maximum Gasteiger partial charge on any atom is 0.262 e. The molecule has 0 aromatic carbocycles. The van der Waals surface area contributed by atoms with Crippen molar-refractivity contribution in [3.63, 3.8) is 0 Å². The molecule has 1 heterocycles. The molecule has 0 aliphatic carbocycles. The van der Waals surface area contributed by atoms with E-state index >= 15 is 0 Å². The second kappa shape index (κ2) is 7.67. The number of anilines is 1. The van der Waals surface area contributed by atoms with Crippen LogP contribution in [0.25, 0.3) is 0 Å². The number of hydrogen-bond donors (Lipinski definition) is 1. The Hall–Kier alpha value is -1.56. The number of rotatable bonds is 8. The van der Waals surface area contributed by atoms with Gasteiger partial charge in [0.25, 0.3) is 5.88 Å². The number of ether oxygens (including phenoxy) is 3. The van der Waals surface area contributed by atoms with E-state index < -0.39 is 0 Å². The summed E-state index contributed by atoms with van der Waals surface area (Å²) < 4.78 is 15.6. The third-order valence-corrected chi connectivity index (χ3v) is 2.04. The van der Waals surface area contributed by atoms with Gasteiger partial charge in [0, 0.05) is 13.7 Å². The van der Waals surface area contributed by atoms with Crippen molar-refractivity contribution in [2.75, 3.05) is 39.3 Å².